The van der Waals surface area contributed by atoms with E-state index in [1.165, 1.54) is 13.2 Å². The lowest BCUT2D eigenvalue weighted by Crippen LogP contribution is -1.96. The quantitative estimate of drug-likeness (QED) is 0.881. The highest BCUT2D eigenvalue weighted by atomic mass is 35.7. The van der Waals surface area contributed by atoms with E-state index in [4.69, 9.17) is 15.4 Å². The first-order chi connectivity index (χ1) is 8.42. The van der Waals surface area contributed by atoms with E-state index >= 15 is 0 Å². The van der Waals surface area contributed by atoms with E-state index in [2.05, 4.69) is 0 Å². The zero-order chi connectivity index (χ0) is 13.3. The van der Waals surface area contributed by atoms with Crippen LogP contribution in [0.4, 0.5) is 0 Å². The van der Waals surface area contributed by atoms with E-state index in [9.17, 15) is 13.5 Å². The number of phenols is 1. The summed E-state index contributed by atoms with van der Waals surface area (Å²) in [7, 11) is 3.01. The first kappa shape index (κ1) is 13.0. The molecular formula is C12H11ClO4S. The third kappa shape index (κ3) is 2.52. The maximum absolute atomic E-state index is 11.0. The minimum atomic E-state index is -3.70. The van der Waals surface area contributed by atoms with Crippen molar-refractivity contribution in [2.24, 2.45) is 0 Å². The van der Waals surface area contributed by atoms with Crippen LogP contribution in [0, 0.1) is 0 Å². The van der Waals surface area contributed by atoms with Gasteiger partial charge in [-0.1, -0.05) is 24.3 Å². The number of phenolic OH excluding ortho intramolecular Hbond substituents is 1. The molecule has 0 radical (unpaired) electrons. The maximum atomic E-state index is 11.0. The fraction of sp³-hybridized carbons (Fsp3) is 0.167. The molecule has 0 atom stereocenters. The van der Waals surface area contributed by atoms with Crippen LogP contribution in [-0.4, -0.2) is 20.6 Å². The number of hydrogen-bond donors (Lipinski definition) is 1. The minimum absolute atomic E-state index is 0.0874. The number of methoxy groups -OCH3 is 1. The van der Waals surface area contributed by atoms with Crippen molar-refractivity contribution in [3.8, 4) is 11.5 Å². The Morgan fingerprint density at radius 2 is 1.94 bits per heavy atom. The van der Waals surface area contributed by atoms with Gasteiger partial charge in [-0.15, -0.1) is 0 Å². The number of halogens is 1. The van der Waals surface area contributed by atoms with Gasteiger partial charge in [0.25, 0.3) is 0 Å². The van der Waals surface area contributed by atoms with Crippen molar-refractivity contribution in [3.63, 3.8) is 0 Å². The van der Waals surface area contributed by atoms with Crippen LogP contribution in [0.25, 0.3) is 10.8 Å². The maximum Gasteiger partial charge on any atom is 0.236 e. The molecule has 2 aromatic carbocycles. The highest BCUT2D eigenvalue weighted by Crippen LogP contribution is 2.35. The zero-order valence-corrected chi connectivity index (χ0v) is 11.1. The Bertz CT molecular complexity index is 695. The van der Waals surface area contributed by atoms with Gasteiger partial charge >= 0.3 is 0 Å². The van der Waals surface area contributed by atoms with Crippen molar-refractivity contribution in [1.29, 1.82) is 0 Å². The van der Waals surface area contributed by atoms with Gasteiger partial charge in [0.15, 0.2) is 0 Å². The van der Waals surface area contributed by atoms with Gasteiger partial charge in [0, 0.05) is 27.0 Å². The minimum Gasteiger partial charge on any atom is -0.507 e. The summed E-state index contributed by atoms with van der Waals surface area (Å²) in [5.74, 6) is 0.117. The Balaban J connectivity index is 2.65. The van der Waals surface area contributed by atoms with E-state index < -0.39 is 14.8 Å². The molecule has 0 amide bonds. The summed E-state index contributed by atoms with van der Waals surface area (Å²) in [5.41, 5.74) is 0.269. The molecule has 0 unspecified atom stereocenters. The third-order valence-electron chi connectivity index (χ3n) is 2.62. The number of ether oxygens (including phenoxy) is 1. The smallest absolute Gasteiger partial charge is 0.236 e. The standard InChI is InChI=1S/C12H11ClO4S/c1-17-11-4-2-3-10-9(11)6-5-8(12(10)14)7-18(13,15)16/h2-6,14H,7H2,1H3. The Morgan fingerprint density at radius 3 is 2.56 bits per heavy atom. The molecule has 0 saturated heterocycles. The summed E-state index contributed by atoms with van der Waals surface area (Å²) >= 11 is 0. The summed E-state index contributed by atoms with van der Waals surface area (Å²) in [6.07, 6.45) is 0. The number of aromatic hydroxyl groups is 1. The fourth-order valence-corrected chi connectivity index (χ4v) is 2.80. The van der Waals surface area contributed by atoms with Crippen molar-refractivity contribution in [1.82, 2.24) is 0 Å². The summed E-state index contributed by atoms with van der Waals surface area (Å²) in [5, 5.41) is 11.3. The lowest BCUT2D eigenvalue weighted by Gasteiger charge is -2.09. The second-order valence-corrected chi connectivity index (χ2v) is 6.59. The molecule has 0 saturated carbocycles. The predicted molar refractivity (Wildman–Crippen MR) is 70.6 cm³/mol. The molecule has 1 N–H and O–H groups in total. The van der Waals surface area contributed by atoms with E-state index in [1.54, 1.807) is 24.3 Å². The largest absolute Gasteiger partial charge is 0.507 e. The van der Waals surface area contributed by atoms with Crippen LogP contribution in [-0.2, 0) is 14.8 Å². The summed E-state index contributed by atoms with van der Waals surface area (Å²) in [6.45, 7) is 0. The van der Waals surface area contributed by atoms with E-state index in [1.807, 2.05) is 0 Å². The van der Waals surface area contributed by atoms with Crippen LogP contribution < -0.4 is 4.74 Å². The summed E-state index contributed by atoms with van der Waals surface area (Å²) < 4.78 is 27.3. The van der Waals surface area contributed by atoms with Crippen molar-refractivity contribution in [2.45, 2.75) is 5.75 Å². The van der Waals surface area contributed by atoms with Crippen LogP contribution in [0.2, 0.25) is 0 Å². The van der Waals surface area contributed by atoms with E-state index in [0.29, 0.717) is 16.5 Å². The second-order valence-electron chi connectivity index (χ2n) is 3.81. The third-order valence-corrected chi connectivity index (χ3v) is 3.61. The molecular weight excluding hydrogens is 276 g/mol. The SMILES string of the molecule is COc1cccc2c(O)c(CS(=O)(=O)Cl)ccc12. The topological polar surface area (TPSA) is 63.6 Å². The highest BCUT2D eigenvalue weighted by Gasteiger charge is 2.14. The van der Waals surface area contributed by atoms with Gasteiger partial charge in [-0.2, -0.15) is 0 Å². The lowest BCUT2D eigenvalue weighted by atomic mass is 10.1. The van der Waals surface area contributed by atoms with Crippen molar-refractivity contribution in [2.75, 3.05) is 7.11 Å². The zero-order valence-electron chi connectivity index (χ0n) is 9.55. The highest BCUT2D eigenvalue weighted by molar-refractivity contribution is 8.13. The molecule has 2 rings (SSSR count). The molecule has 18 heavy (non-hydrogen) atoms. The molecule has 0 heterocycles. The molecule has 0 spiro atoms. The first-order valence-corrected chi connectivity index (χ1v) is 7.60. The molecule has 4 nitrogen and oxygen atoms in total. The van der Waals surface area contributed by atoms with Gasteiger partial charge < -0.3 is 9.84 Å². The molecule has 0 fully saturated rings. The number of hydrogen-bond acceptors (Lipinski definition) is 4. The number of rotatable bonds is 3. The molecule has 0 bridgehead atoms. The van der Waals surface area contributed by atoms with Gasteiger partial charge in [-0.25, -0.2) is 8.42 Å². The van der Waals surface area contributed by atoms with Gasteiger partial charge in [0.2, 0.25) is 9.05 Å². The second kappa shape index (κ2) is 4.66. The Morgan fingerprint density at radius 1 is 1.22 bits per heavy atom. The van der Waals surface area contributed by atoms with Crippen LogP contribution in [0.5, 0.6) is 11.5 Å². The Kier molecular flexibility index (Phi) is 3.36. The van der Waals surface area contributed by atoms with Crippen molar-refractivity contribution >= 4 is 30.5 Å². The Labute approximate surface area is 109 Å². The van der Waals surface area contributed by atoms with Gasteiger partial charge in [0.05, 0.1) is 12.9 Å². The molecule has 6 heteroatoms. The molecule has 0 aromatic heterocycles. The normalized spacial score (nSPS) is 11.7. The molecule has 2 aromatic rings. The van der Waals surface area contributed by atoms with E-state index in [-0.39, 0.29) is 11.3 Å². The molecule has 0 aliphatic rings. The van der Waals surface area contributed by atoms with Gasteiger partial charge in [0.1, 0.15) is 11.5 Å². The van der Waals surface area contributed by atoms with Crippen molar-refractivity contribution in [3.05, 3.63) is 35.9 Å². The van der Waals surface area contributed by atoms with E-state index in [0.717, 1.165) is 0 Å². The molecule has 96 valence electrons. The number of benzene rings is 2. The predicted octanol–water partition coefficient (Wildman–Crippen LogP) is 2.62. The average Bonchev–Trinajstić information content (AvgIpc) is 2.30. The number of fused-ring (bicyclic) bond motifs is 1. The van der Waals surface area contributed by atoms with Crippen LogP contribution in [0.15, 0.2) is 30.3 Å². The molecule has 0 aliphatic carbocycles. The fourth-order valence-electron chi connectivity index (χ4n) is 1.84. The first-order valence-electron chi connectivity index (χ1n) is 5.12. The van der Waals surface area contributed by atoms with Crippen LogP contribution >= 0.6 is 10.7 Å². The summed E-state index contributed by atoms with van der Waals surface area (Å²) in [6, 6.07) is 8.41. The summed E-state index contributed by atoms with van der Waals surface area (Å²) in [4.78, 5) is 0. The van der Waals surface area contributed by atoms with Gasteiger partial charge in [-0.05, 0) is 6.07 Å². The molecule has 0 aliphatic heterocycles. The lowest BCUT2D eigenvalue weighted by molar-refractivity contribution is 0.419. The van der Waals surface area contributed by atoms with Crippen LogP contribution in [0.1, 0.15) is 5.56 Å². The van der Waals surface area contributed by atoms with Crippen molar-refractivity contribution < 1.29 is 18.3 Å². The van der Waals surface area contributed by atoms with Crippen LogP contribution in [0.3, 0.4) is 0 Å². The Hall–Kier alpha value is -1.46. The average molecular weight is 287 g/mol. The monoisotopic (exact) mass is 286 g/mol. The van der Waals surface area contributed by atoms with Gasteiger partial charge in [-0.3, -0.25) is 0 Å².